The van der Waals surface area contributed by atoms with Gasteiger partial charge in [-0.2, -0.15) is 0 Å². The minimum Gasteiger partial charge on any atom is -0.330 e. The lowest BCUT2D eigenvalue weighted by Gasteiger charge is -2.02. The fraction of sp³-hybridized carbons (Fsp3) is 0.273. The Bertz CT molecular complexity index is 579. The Morgan fingerprint density at radius 3 is 2.94 bits per heavy atom. The Labute approximate surface area is 103 Å². The minimum absolute atomic E-state index is 0.00444. The number of hydrogen-bond donors (Lipinski definition) is 1. The third kappa shape index (κ3) is 2.35. The first kappa shape index (κ1) is 12.2. The Kier molecular flexibility index (Phi) is 3.33. The van der Waals surface area contributed by atoms with Gasteiger partial charge in [0.1, 0.15) is 5.69 Å². The molecule has 0 aliphatic heterocycles. The molecule has 1 aromatic carbocycles. The molecule has 0 spiro atoms. The van der Waals surface area contributed by atoms with Gasteiger partial charge in [0.25, 0.3) is 5.69 Å². The molecule has 2 rings (SSSR count). The van der Waals surface area contributed by atoms with E-state index in [9.17, 15) is 10.1 Å². The number of aryl methyl sites for hydroxylation is 1. The van der Waals surface area contributed by atoms with E-state index in [1.165, 1.54) is 10.7 Å². The smallest absolute Gasteiger partial charge is 0.294 e. The maximum Gasteiger partial charge on any atom is 0.294 e. The molecule has 1 heterocycles. The molecule has 7 heteroatoms. The molecule has 2 N–H and O–H groups in total. The molecule has 94 valence electrons. The van der Waals surface area contributed by atoms with E-state index in [0.29, 0.717) is 24.3 Å². The number of nitrogens with two attached hydrogens (primary N) is 1. The summed E-state index contributed by atoms with van der Waals surface area (Å²) >= 11 is 0. The van der Waals surface area contributed by atoms with E-state index in [4.69, 9.17) is 5.73 Å². The van der Waals surface area contributed by atoms with Gasteiger partial charge >= 0.3 is 0 Å². The van der Waals surface area contributed by atoms with Crippen LogP contribution in [0.15, 0.2) is 24.4 Å². The third-order valence-corrected chi connectivity index (χ3v) is 2.52. The van der Waals surface area contributed by atoms with Gasteiger partial charge < -0.3 is 5.73 Å². The van der Waals surface area contributed by atoms with Crippen LogP contribution in [0.2, 0.25) is 0 Å². The second-order valence-electron chi connectivity index (χ2n) is 3.94. The van der Waals surface area contributed by atoms with E-state index in [-0.39, 0.29) is 5.69 Å². The van der Waals surface area contributed by atoms with Crippen LogP contribution in [0.25, 0.3) is 5.69 Å². The van der Waals surface area contributed by atoms with Gasteiger partial charge in [0.15, 0.2) is 0 Å². The molecule has 0 atom stereocenters. The number of aromatic nitrogens is 3. The zero-order valence-electron chi connectivity index (χ0n) is 9.91. The molecule has 0 saturated heterocycles. The molecule has 0 aliphatic rings. The van der Waals surface area contributed by atoms with Crippen LogP contribution in [0.4, 0.5) is 5.69 Å². The number of nitro groups is 1. The van der Waals surface area contributed by atoms with E-state index >= 15 is 0 Å². The van der Waals surface area contributed by atoms with E-state index in [0.717, 1.165) is 5.56 Å². The fourth-order valence-corrected chi connectivity index (χ4v) is 1.65. The normalized spacial score (nSPS) is 10.6. The minimum atomic E-state index is -0.431. The van der Waals surface area contributed by atoms with Crippen LogP contribution in [0.3, 0.4) is 0 Å². The van der Waals surface area contributed by atoms with Crippen molar-refractivity contribution in [2.75, 3.05) is 6.54 Å². The quantitative estimate of drug-likeness (QED) is 0.641. The topological polar surface area (TPSA) is 99.9 Å². The SMILES string of the molecule is Cc1ccc([N+](=O)[O-])c(-n2cc(CCN)nn2)c1. The molecule has 0 radical (unpaired) electrons. The highest BCUT2D eigenvalue weighted by Crippen LogP contribution is 2.23. The molecule has 0 fully saturated rings. The fourth-order valence-electron chi connectivity index (χ4n) is 1.65. The van der Waals surface area contributed by atoms with Crippen LogP contribution >= 0.6 is 0 Å². The zero-order chi connectivity index (χ0) is 13.1. The second kappa shape index (κ2) is 4.92. The number of rotatable bonds is 4. The first-order valence-corrected chi connectivity index (χ1v) is 5.48. The number of nitrogens with zero attached hydrogens (tertiary/aromatic N) is 4. The van der Waals surface area contributed by atoms with Crippen molar-refractivity contribution in [1.82, 2.24) is 15.0 Å². The molecule has 0 amide bonds. The van der Waals surface area contributed by atoms with Crippen LogP contribution in [0.1, 0.15) is 11.3 Å². The van der Waals surface area contributed by atoms with Gasteiger partial charge in [0.2, 0.25) is 0 Å². The molecule has 18 heavy (non-hydrogen) atoms. The summed E-state index contributed by atoms with van der Waals surface area (Å²) in [7, 11) is 0. The summed E-state index contributed by atoms with van der Waals surface area (Å²) < 4.78 is 1.41. The maximum atomic E-state index is 11.0. The van der Waals surface area contributed by atoms with Crippen LogP contribution in [-0.4, -0.2) is 26.5 Å². The highest BCUT2D eigenvalue weighted by molar-refractivity contribution is 5.53. The average molecular weight is 247 g/mol. The predicted octanol–water partition coefficient (Wildman–Crippen LogP) is 0.985. The van der Waals surface area contributed by atoms with Crippen LogP contribution < -0.4 is 5.73 Å². The van der Waals surface area contributed by atoms with Gasteiger partial charge in [-0.1, -0.05) is 11.3 Å². The van der Waals surface area contributed by atoms with Crippen LogP contribution in [0.5, 0.6) is 0 Å². The summed E-state index contributed by atoms with van der Waals surface area (Å²) in [5.41, 5.74) is 7.48. The Morgan fingerprint density at radius 2 is 2.28 bits per heavy atom. The van der Waals surface area contributed by atoms with Crippen molar-refractivity contribution in [2.45, 2.75) is 13.3 Å². The van der Waals surface area contributed by atoms with E-state index in [1.54, 1.807) is 18.3 Å². The van der Waals surface area contributed by atoms with E-state index < -0.39 is 4.92 Å². The lowest BCUT2D eigenvalue weighted by Crippen LogP contribution is -2.03. The van der Waals surface area contributed by atoms with Crippen molar-refractivity contribution in [1.29, 1.82) is 0 Å². The second-order valence-corrected chi connectivity index (χ2v) is 3.94. The standard InChI is InChI=1S/C11H13N5O2/c1-8-2-3-10(16(17)18)11(6-8)15-7-9(4-5-12)13-14-15/h2-3,6-7H,4-5,12H2,1H3. The van der Waals surface area contributed by atoms with Crippen LogP contribution in [-0.2, 0) is 6.42 Å². The molecule has 0 saturated carbocycles. The summed E-state index contributed by atoms with van der Waals surface area (Å²) in [5.74, 6) is 0. The Hall–Kier alpha value is -2.28. The maximum absolute atomic E-state index is 11.0. The summed E-state index contributed by atoms with van der Waals surface area (Å²) in [6.45, 7) is 2.33. The lowest BCUT2D eigenvalue weighted by atomic mass is 10.2. The van der Waals surface area contributed by atoms with Gasteiger partial charge in [-0.3, -0.25) is 10.1 Å². The largest absolute Gasteiger partial charge is 0.330 e. The molecule has 1 aromatic heterocycles. The monoisotopic (exact) mass is 247 g/mol. The van der Waals surface area contributed by atoms with Gasteiger partial charge in [0, 0.05) is 12.5 Å². The van der Waals surface area contributed by atoms with E-state index in [2.05, 4.69) is 10.3 Å². The molecule has 0 aliphatic carbocycles. The highest BCUT2D eigenvalue weighted by atomic mass is 16.6. The number of nitro benzene ring substituents is 1. The third-order valence-electron chi connectivity index (χ3n) is 2.52. The van der Waals surface area contributed by atoms with Crippen molar-refractivity contribution >= 4 is 5.69 Å². The van der Waals surface area contributed by atoms with E-state index in [1.807, 2.05) is 6.92 Å². The molecule has 0 unspecified atom stereocenters. The van der Waals surface area contributed by atoms with Crippen molar-refractivity contribution in [2.24, 2.45) is 5.73 Å². The molecule has 0 bridgehead atoms. The Morgan fingerprint density at radius 1 is 1.50 bits per heavy atom. The molecule has 2 aromatic rings. The van der Waals surface area contributed by atoms with Crippen molar-refractivity contribution in [3.63, 3.8) is 0 Å². The summed E-state index contributed by atoms with van der Waals surface area (Å²) in [4.78, 5) is 10.5. The van der Waals surface area contributed by atoms with Gasteiger partial charge in [-0.15, -0.1) is 5.10 Å². The lowest BCUT2D eigenvalue weighted by molar-refractivity contribution is -0.384. The zero-order valence-corrected chi connectivity index (χ0v) is 9.91. The van der Waals surface area contributed by atoms with Crippen molar-refractivity contribution in [3.05, 3.63) is 45.8 Å². The summed E-state index contributed by atoms with van der Waals surface area (Å²) in [5, 5.41) is 18.8. The summed E-state index contributed by atoms with van der Waals surface area (Å²) in [6, 6.07) is 4.87. The van der Waals surface area contributed by atoms with Gasteiger partial charge in [0.05, 0.1) is 16.8 Å². The molecular formula is C11H13N5O2. The van der Waals surface area contributed by atoms with Gasteiger partial charge in [-0.25, -0.2) is 4.68 Å². The van der Waals surface area contributed by atoms with Crippen LogP contribution in [0, 0.1) is 17.0 Å². The van der Waals surface area contributed by atoms with Gasteiger partial charge in [-0.05, 0) is 25.1 Å². The van der Waals surface area contributed by atoms with Crippen molar-refractivity contribution < 1.29 is 4.92 Å². The van der Waals surface area contributed by atoms with Crippen molar-refractivity contribution in [3.8, 4) is 5.69 Å². The summed E-state index contributed by atoms with van der Waals surface area (Å²) in [6.07, 6.45) is 2.26. The average Bonchev–Trinajstić information content (AvgIpc) is 2.77. The first-order valence-electron chi connectivity index (χ1n) is 5.48. The predicted molar refractivity (Wildman–Crippen MR) is 65.5 cm³/mol. The highest BCUT2D eigenvalue weighted by Gasteiger charge is 2.16. The number of hydrogen-bond acceptors (Lipinski definition) is 5. The first-order chi connectivity index (χ1) is 8.61. The number of benzene rings is 1. The molecular weight excluding hydrogens is 234 g/mol. The molecule has 7 nitrogen and oxygen atoms in total. The Balaban J connectivity index is 2.47.